The highest BCUT2D eigenvalue weighted by Crippen LogP contribution is 2.28. The second kappa shape index (κ2) is 10.1. The normalized spacial score (nSPS) is 15.4. The van der Waals surface area contributed by atoms with Gasteiger partial charge in [-0.15, -0.1) is 0 Å². The standard InChI is InChI=1S/C26H24FN3O3/c27-21-11-5-7-13-23(21)30-17-19(16-24(30)31)25(32)29-22-12-6-4-10-20(22)26(33)28-15-14-18-8-2-1-3-9-18/h1-13,19H,14-17H2,(H,28,33)(H,29,32). The van der Waals surface area contributed by atoms with Gasteiger partial charge in [-0.3, -0.25) is 14.4 Å². The van der Waals surface area contributed by atoms with Crippen LogP contribution in [0.1, 0.15) is 22.3 Å². The smallest absolute Gasteiger partial charge is 0.253 e. The number of hydrogen-bond donors (Lipinski definition) is 2. The molecule has 2 N–H and O–H groups in total. The van der Waals surface area contributed by atoms with Gasteiger partial charge in [-0.2, -0.15) is 0 Å². The molecule has 0 bridgehead atoms. The van der Waals surface area contributed by atoms with Crippen LogP contribution in [0, 0.1) is 11.7 Å². The van der Waals surface area contributed by atoms with E-state index in [0.717, 1.165) is 5.56 Å². The molecule has 1 aliphatic rings. The van der Waals surface area contributed by atoms with Gasteiger partial charge in [0.05, 0.1) is 22.9 Å². The zero-order chi connectivity index (χ0) is 23.2. The lowest BCUT2D eigenvalue weighted by atomic mass is 10.1. The molecule has 1 saturated heterocycles. The fraction of sp³-hybridized carbons (Fsp3) is 0.192. The van der Waals surface area contributed by atoms with Crippen molar-refractivity contribution in [2.45, 2.75) is 12.8 Å². The Labute approximate surface area is 191 Å². The van der Waals surface area contributed by atoms with Crippen molar-refractivity contribution >= 4 is 29.1 Å². The number of amides is 3. The van der Waals surface area contributed by atoms with Crippen molar-refractivity contribution < 1.29 is 18.8 Å². The molecular formula is C26H24FN3O3. The third-order valence-corrected chi connectivity index (χ3v) is 5.61. The van der Waals surface area contributed by atoms with Crippen LogP contribution < -0.4 is 15.5 Å². The average molecular weight is 445 g/mol. The molecule has 33 heavy (non-hydrogen) atoms. The lowest BCUT2D eigenvalue weighted by molar-refractivity contribution is -0.122. The molecule has 6 nitrogen and oxygen atoms in total. The van der Waals surface area contributed by atoms with Crippen molar-refractivity contribution in [1.82, 2.24) is 5.32 Å². The van der Waals surface area contributed by atoms with Gasteiger partial charge in [0.1, 0.15) is 5.82 Å². The molecule has 0 aliphatic carbocycles. The molecule has 0 radical (unpaired) electrons. The Morgan fingerprint density at radius 2 is 1.64 bits per heavy atom. The van der Waals surface area contributed by atoms with E-state index < -0.39 is 11.7 Å². The minimum atomic E-state index is -0.647. The number of carbonyl (C=O) groups excluding carboxylic acids is 3. The number of hydrogen-bond acceptors (Lipinski definition) is 3. The van der Waals surface area contributed by atoms with Gasteiger partial charge in [-0.05, 0) is 36.2 Å². The van der Waals surface area contributed by atoms with Crippen molar-refractivity contribution in [3.8, 4) is 0 Å². The molecule has 1 atom stereocenters. The molecule has 1 fully saturated rings. The van der Waals surface area contributed by atoms with Crippen molar-refractivity contribution in [2.24, 2.45) is 5.92 Å². The number of halogens is 1. The summed E-state index contributed by atoms with van der Waals surface area (Å²) in [7, 11) is 0. The number of carbonyl (C=O) groups is 3. The van der Waals surface area contributed by atoms with Crippen LogP contribution in [0.15, 0.2) is 78.9 Å². The van der Waals surface area contributed by atoms with E-state index in [1.165, 1.54) is 17.0 Å². The molecule has 3 amide bonds. The first-order chi connectivity index (χ1) is 16.0. The highest BCUT2D eigenvalue weighted by Gasteiger charge is 2.36. The second-order valence-electron chi connectivity index (χ2n) is 7.88. The largest absolute Gasteiger partial charge is 0.352 e. The Morgan fingerprint density at radius 3 is 2.42 bits per heavy atom. The zero-order valence-corrected chi connectivity index (χ0v) is 18.0. The molecule has 168 valence electrons. The number of benzene rings is 3. The summed E-state index contributed by atoms with van der Waals surface area (Å²) in [5.41, 5.74) is 1.99. The van der Waals surface area contributed by atoms with Crippen LogP contribution in [-0.2, 0) is 16.0 Å². The van der Waals surface area contributed by atoms with E-state index in [-0.39, 0.29) is 36.4 Å². The Hall–Kier alpha value is -4.00. The number of rotatable bonds is 7. The number of anilines is 2. The molecule has 3 aromatic rings. The summed E-state index contributed by atoms with van der Waals surface area (Å²) in [5.74, 6) is -2.15. The van der Waals surface area contributed by atoms with E-state index in [1.54, 1.807) is 36.4 Å². The Balaban J connectivity index is 1.39. The van der Waals surface area contributed by atoms with Crippen LogP contribution in [0.4, 0.5) is 15.8 Å². The monoisotopic (exact) mass is 445 g/mol. The summed E-state index contributed by atoms with van der Waals surface area (Å²) in [6.45, 7) is 0.539. The van der Waals surface area contributed by atoms with Gasteiger partial charge in [0.2, 0.25) is 11.8 Å². The van der Waals surface area contributed by atoms with Gasteiger partial charge in [0.25, 0.3) is 5.91 Å². The van der Waals surface area contributed by atoms with Crippen LogP contribution in [-0.4, -0.2) is 30.8 Å². The van der Waals surface area contributed by atoms with Gasteiger partial charge < -0.3 is 15.5 Å². The zero-order valence-electron chi connectivity index (χ0n) is 18.0. The van der Waals surface area contributed by atoms with Gasteiger partial charge in [0.15, 0.2) is 0 Å². The Kier molecular flexibility index (Phi) is 6.78. The second-order valence-corrected chi connectivity index (χ2v) is 7.88. The molecule has 3 aromatic carbocycles. The van der Waals surface area contributed by atoms with Crippen LogP contribution >= 0.6 is 0 Å². The van der Waals surface area contributed by atoms with Gasteiger partial charge >= 0.3 is 0 Å². The Morgan fingerprint density at radius 1 is 0.939 bits per heavy atom. The minimum Gasteiger partial charge on any atom is -0.352 e. The summed E-state index contributed by atoms with van der Waals surface area (Å²) >= 11 is 0. The van der Waals surface area contributed by atoms with E-state index in [4.69, 9.17) is 0 Å². The minimum absolute atomic E-state index is 0.0222. The van der Waals surface area contributed by atoms with E-state index in [2.05, 4.69) is 10.6 Å². The summed E-state index contributed by atoms with van der Waals surface area (Å²) in [6.07, 6.45) is 0.669. The predicted octanol–water partition coefficient (Wildman–Crippen LogP) is 3.79. The van der Waals surface area contributed by atoms with E-state index in [9.17, 15) is 18.8 Å². The van der Waals surface area contributed by atoms with Crippen LogP contribution in [0.25, 0.3) is 0 Å². The molecule has 4 rings (SSSR count). The maximum atomic E-state index is 14.1. The third-order valence-electron chi connectivity index (χ3n) is 5.61. The summed E-state index contributed by atoms with van der Waals surface area (Å²) in [6, 6.07) is 22.5. The quantitative estimate of drug-likeness (QED) is 0.581. The molecular weight excluding hydrogens is 421 g/mol. The number of nitrogens with one attached hydrogen (secondary N) is 2. The molecule has 7 heteroatoms. The highest BCUT2D eigenvalue weighted by atomic mass is 19.1. The summed E-state index contributed by atoms with van der Waals surface area (Å²) in [5, 5.41) is 5.65. The van der Waals surface area contributed by atoms with Crippen molar-refractivity contribution in [2.75, 3.05) is 23.3 Å². The molecule has 0 aromatic heterocycles. The van der Waals surface area contributed by atoms with Crippen molar-refractivity contribution in [3.63, 3.8) is 0 Å². The molecule has 1 heterocycles. The average Bonchev–Trinajstić information content (AvgIpc) is 3.22. The van der Waals surface area contributed by atoms with Gasteiger partial charge in [-0.25, -0.2) is 4.39 Å². The van der Waals surface area contributed by atoms with Crippen LogP contribution in [0.5, 0.6) is 0 Å². The summed E-state index contributed by atoms with van der Waals surface area (Å²) in [4.78, 5) is 39.3. The van der Waals surface area contributed by atoms with Gasteiger partial charge in [-0.1, -0.05) is 54.6 Å². The third kappa shape index (κ3) is 5.26. The number of nitrogens with zero attached hydrogens (tertiary/aromatic N) is 1. The Bertz CT molecular complexity index is 1170. The summed E-state index contributed by atoms with van der Waals surface area (Å²) < 4.78 is 14.1. The van der Waals surface area contributed by atoms with E-state index in [1.807, 2.05) is 30.3 Å². The van der Waals surface area contributed by atoms with Crippen molar-refractivity contribution in [3.05, 3.63) is 95.8 Å². The maximum Gasteiger partial charge on any atom is 0.253 e. The number of para-hydroxylation sites is 2. The molecule has 1 aliphatic heterocycles. The van der Waals surface area contributed by atoms with E-state index in [0.29, 0.717) is 24.2 Å². The SMILES string of the molecule is O=C(NCCc1ccccc1)c1ccccc1NC(=O)C1CC(=O)N(c2ccccc2F)C1. The topological polar surface area (TPSA) is 78.5 Å². The fourth-order valence-electron chi connectivity index (χ4n) is 3.87. The van der Waals surface area contributed by atoms with E-state index >= 15 is 0 Å². The predicted molar refractivity (Wildman–Crippen MR) is 124 cm³/mol. The first-order valence-electron chi connectivity index (χ1n) is 10.8. The maximum absolute atomic E-state index is 14.1. The lowest BCUT2D eigenvalue weighted by Gasteiger charge is -2.17. The molecule has 0 spiro atoms. The fourth-order valence-corrected chi connectivity index (χ4v) is 3.87. The van der Waals surface area contributed by atoms with Crippen LogP contribution in [0.2, 0.25) is 0 Å². The lowest BCUT2D eigenvalue weighted by Crippen LogP contribution is -2.30. The first kappa shape index (κ1) is 22.2. The molecule has 1 unspecified atom stereocenters. The van der Waals surface area contributed by atoms with Crippen molar-refractivity contribution in [1.29, 1.82) is 0 Å². The first-order valence-corrected chi connectivity index (χ1v) is 10.8. The van der Waals surface area contributed by atoms with Gasteiger partial charge in [0, 0.05) is 19.5 Å². The highest BCUT2D eigenvalue weighted by molar-refractivity contribution is 6.07. The van der Waals surface area contributed by atoms with Crippen LogP contribution in [0.3, 0.4) is 0 Å². The molecule has 0 saturated carbocycles.